The Morgan fingerprint density at radius 3 is 2.32 bits per heavy atom. The number of unbranched alkanes of at least 4 members (excludes halogenated alkanes) is 4. The van der Waals surface area contributed by atoms with Crippen molar-refractivity contribution in [2.24, 2.45) is 0 Å². The van der Waals surface area contributed by atoms with Crippen molar-refractivity contribution in [3.8, 4) is 0 Å². The monoisotopic (exact) mass is 342 g/mol. The quantitative estimate of drug-likeness (QED) is 0.694. The van der Waals surface area contributed by atoms with Gasteiger partial charge in [-0.15, -0.1) is 0 Å². The SMILES string of the molecule is CCCCCCCn1c(=O)[nH]c(Cc2ccccc2)c(C(C)C)c1=O. The van der Waals surface area contributed by atoms with Gasteiger partial charge in [0.15, 0.2) is 0 Å². The maximum Gasteiger partial charge on any atom is 0.328 e. The van der Waals surface area contributed by atoms with E-state index in [1.54, 1.807) is 0 Å². The normalized spacial score (nSPS) is 11.2. The number of rotatable bonds is 9. The third-order valence-electron chi connectivity index (χ3n) is 4.59. The zero-order valence-electron chi connectivity index (χ0n) is 15.7. The van der Waals surface area contributed by atoms with Crippen molar-refractivity contribution in [1.29, 1.82) is 0 Å². The second-order valence-electron chi connectivity index (χ2n) is 7.01. The van der Waals surface area contributed by atoms with Crippen molar-refractivity contribution >= 4 is 0 Å². The molecule has 1 aromatic carbocycles. The average molecular weight is 342 g/mol. The van der Waals surface area contributed by atoms with Crippen molar-refractivity contribution in [2.75, 3.05) is 0 Å². The molecule has 1 aromatic heterocycles. The summed E-state index contributed by atoms with van der Waals surface area (Å²) in [5.74, 6) is 0.0782. The molecule has 0 amide bonds. The lowest BCUT2D eigenvalue weighted by molar-refractivity contribution is 0.532. The van der Waals surface area contributed by atoms with E-state index in [9.17, 15) is 9.59 Å². The smallest absolute Gasteiger partial charge is 0.310 e. The summed E-state index contributed by atoms with van der Waals surface area (Å²) in [6, 6.07) is 9.94. The maximum atomic E-state index is 12.9. The highest BCUT2D eigenvalue weighted by Crippen LogP contribution is 2.16. The van der Waals surface area contributed by atoms with Crippen molar-refractivity contribution in [3.63, 3.8) is 0 Å². The number of hydrogen-bond acceptors (Lipinski definition) is 2. The van der Waals surface area contributed by atoms with Gasteiger partial charge in [0.05, 0.1) is 0 Å². The number of benzene rings is 1. The summed E-state index contributed by atoms with van der Waals surface area (Å²) >= 11 is 0. The Hall–Kier alpha value is -2.10. The van der Waals surface area contributed by atoms with Gasteiger partial charge in [-0.25, -0.2) is 4.79 Å². The van der Waals surface area contributed by atoms with Gasteiger partial charge in [-0.1, -0.05) is 76.8 Å². The fourth-order valence-electron chi connectivity index (χ4n) is 3.24. The average Bonchev–Trinajstić information content (AvgIpc) is 2.57. The Balaban J connectivity index is 2.27. The summed E-state index contributed by atoms with van der Waals surface area (Å²) in [5, 5.41) is 0. The molecule has 2 rings (SSSR count). The molecule has 4 nitrogen and oxygen atoms in total. The van der Waals surface area contributed by atoms with Gasteiger partial charge in [-0.2, -0.15) is 0 Å². The molecule has 0 saturated carbocycles. The van der Waals surface area contributed by atoms with Crippen molar-refractivity contribution in [1.82, 2.24) is 9.55 Å². The highest BCUT2D eigenvalue weighted by atomic mass is 16.2. The first-order chi connectivity index (χ1) is 12.0. The summed E-state index contributed by atoms with van der Waals surface area (Å²) in [4.78, 5) is 28.3. The zero-order chi connectivity index (χ0) is 18.2. The molecule has 0 saturated heterocycles. The standard InChI is InChI=1S/C21H30N2O2/c1-4-5-6-7-11-14-23-20(24)19(16(2)3)18(22-21(23)25)15-17-12-9-8-10-13-17/h8-10,12-13,16H,4-7,11,14-15H2,1-3H3,(H,22,25). The molecule has 1 heterocycles. The largest absolute Gasteiger partial charge is 0.328 e. The van der Waals surface area contributed by atoms with Crippen LogP contribution >= 0.6 is 0 Å². The topological polar surface area (TPSA) is 54.9 Å². The molecule has 0 aliphatic carbocycles. The lowest BCUT2D eigenvalue weighted by Gasteiger charge is -2.15. The first kappa shape index (κ1) is 19.2. The van der Waals surface area contributed by atoms with E-state index in [0.29, 0.717) is 13.0 Å². The van der Waals surface area contributed by atoms with Crippen LogP contribution in [0.2, 0.25) is 0 Å². The highest BCUT2D eigenvalue weighted by molar-refractivity contribution is 5.28. The molecule has 0 radical (unpaired) electrons. The molecule has 2 aromatic rings. The van der Waals surface area contributed by atoms with Gasteiger partial charge in [0.2, 0.25) is 0 Å². The molecule has 0 atom stereocenters. The van der Waals surface area contributed by atoms with Crippen LogP contribution in [0, 0.1) is 0 Å². The molecule has 25 heavy (non-hydrogen) atoms. The van der Waals surface area contributed by atoms with Crippen LogP contribution in [0.5, 0.6) is 0 Å². The minimum atomic E-state index is -0.282. The van der Waals surface area contributed by atoms with Crippen LogP contribution in [0.25, 0.3) is 0 Å². The Kier molecular flexibility index (Phi) is 7.23. The van der Waals surface area contributed by atoms with E-state index in [0.717, 1.165) is 36.1 Å². The third kappa shape index (κ3) is 5.18. The Labute approximate surface area is 149 Å². The predicted molar refractivity (Wildman–Crippen MR) is 103 cm³/mol. The summed E-state index contributed by atoms with van der Waals surface area (Å²) in [5.41, 5.74) is 2.17. The molecular formula is C21H30N2O2. The maximum absolute atomic E-state index is 12.9. The lowest BCUT2D eigenvalue weighted by Crippen LogP contribution is -2.39. The number of H-pyrrole nitrogens is 1. The summed E-state index contributed by atoms with van der Waals surface area (Å²) in [7, 11) is 0. The molecule has 0 aliphatic rings. The number of aromatic amines is 1. The van der Waals surface area contributed by atoms with Crippen LogP contribution in [0.3, 0.4) is 0 Å². The van der Waals surface area contributed by atoms with Crippen LogP contribution < -0.4 is 11.2 Å². The summed E-state index contributed by atoms with van der Waals surface area (Å²) in [6.07, 6.45) is 6.06. The fraction of sp³-hybridized carbons (Fsp3) is 0.524. The van der Waals surface area contributed by atoms with Crippen LogP contribution in [0.15, 0.2) is 39.9 Å². The summed E-state index contributed by atoms with van der Waals surface area (Å²) in [6.45, 7) is 6.70. The molecular weight excluding hydrogens is 312 g/mol. The van der Waals surface area contributed by atoms with E-state index < -0.39 is 0 Å². The van der Waals surface area contributed by atoms with Gasteiger partial charge in [0.25, 0.3) is 5.56 Å². The molecule has 0 aliphatic heterocycles. The Bertz CT molecular complexity index is 773. The number of aromatic nitrogens is 2. The predicted octanol–water partition coefficient (Wildman–Crippen LogP) is 4.22. The van der Waals surface area contributed by atoms with Gasteiger partial charge >= 0.3 is 5.69 Å². The van der Waals surface area contributed by atoms with Gasteiger partial charge < -0.3 is 4.98 Å². The van der Waals surface area contributed by atoms with Crippen LogP contribution in [0.1, 0.15) is 75.6 Å². The molecule has 0 spiro atoms. The van der Waals surface area contributed by atoms with Crippen molar-refractivity contribution < 1.29 is 0 Å². The van der Waals surface area contributed by atoms with E-state index in [1.165, 1.54) is 17.4 Å². The first-order valence-electron chi connectivity index (χ1n) is 9.44. The van der Waals surface area contributed by atoms with Crippen molar-refractivity contribution in [3.05, 3.63) is 68.0 Å². The van der Waals surface area contributed by atoms with Gasteiger partial charge in [-0.3, -0.25) is 9.36 Å². The molecule has 1 N–H and O–H groups in total. The number of nitrogens with zero attached hydrogens (tertiary/aromatic N) is 1. The fourth-order valence-corrected chi connectivity index (χ4v) is 3.24. The van der Waals surface area contributed by atoms with E-state index in [-0.39, 0.29) is 17.2 Å². The van der Waals surface area contributed by atoms with Crippen LogP contribution in [0.4, 0.5) is 0 Å². The van der Waals surface area contributed by atoms with E-state index in [2.05, 4.69) is 11.9 Å². The van der Waals surface area contributed by atoms with Gasteiger partial charge in [0.1, 0.15) is 0 Å². The molecule has 0 bridgehead atoms. The van der Waals surface area contributed by atoms with Crippen LogP contribution in [-0.2, 0) is 13.0 Å². The van der Waals surface area contributed by atoms with Gasteiger partial charge in [-0.05, 0) is 17.9 Å². The highest BCUT2D eigenvalue weighted by Gasteiger charge is 2.17. The first-order valence-corrected chi connectivity index (χ1v) is 9.44. The molecule has 136 valence electrons. The van der Waals surface area contributed by atoms with Crippen molar-refractivity contribution in [2.45, 2.75) is 71.8 Å². The minimum Gasteiger partial charge on any atom is -0.310 e. The van der Waals surface area contributed by atoms with E-state index >= 15 is 0 Å². The number of nitrogens with one attached hydrogen (secondary N) is 1. The summed E-state index contributed by atoms with van der Waals surface area (Å²) < 4.78 is 1.38. The van der Waals surface area contributed by atoms with E-state index in [1.807, 2.05) is 44.2 Å². The van der Waals surface area contributed by atoms with Crippen LogP contribution in [-0.4, -0.2) is 9.55 Å². The van der Waals surface area contributed by atoms with E-state index in [4.69, 9.17) is 0 Å². The minimum absolute atomic E-state index is 0.0782. The van der Waals surface area contributed by atoms with Gasteiger partial charge in [0, 0.05) is 24.2 Å². The molecule has 0 unspecified atom stereocenters. The lowest BCUT2D eigenvalue weighted by atomic mass is 9.98. The third-order valence-corrected chi connectivity index (χ3v) is 4.59. The second kappa shape index (κ2) is 9.40. The zero-order valence-corrected chi connectivity index (χ0v) is 15.7. The molecule has 0 fully saturated rings. The Morgan fingerprint density at radius 2 is 1.68 bits per heavy atom. The Morgan fingerprint density at radius 1 is 1.00 bits per heavy atom. The number of hydrogen-bond donors (Lipinski definition) is 1. The second-order valence-corrected chi connectivity index (χ2v) is 7.01. The molecule has 4 heteroatoms.